The molecule has 0 aliphatic heterocycles. The van der Waals surface area contributed by atoms with E-state index >= 15 is 0 Å². The summed E-state index contributed by atoms with van der Waals surface area (Å²) in [5.74, 6) is -0.271. The van der Waals surface area contributed by atoms with Crippen molar-refractivity contribution in [3.63, 3.8) is 0 Å². The van der Waals surface area contributed by atoms with Gasteiger partial charge >= 0.3 is 5.56 Å². The summed E-state index contributed by atoms with van der Waals surface area (Å²) in [7, 11) is 1.64. The van der Waals surface area contributed by atoms with Crippen molar-refractivity contribution in [3.8, 4) is 5.88 Å². The highest BCUT2D eigenvalue weighted by molar-refractivity contribution is 5.36. The van der Waals surface area contributed by atoms with Crippen LogP contribution in [0.4, 0.5) is 10.1 Å². The Morgan fingerprint density at radius 3 is 2.40 bits per heavy atom. The van der Waals surface area contributed by atoms with Crippen LogP contribution in [0.5, 0.6) is 5.88 Å². The maximum absolute atomic E-state index is 12.7. The average molecular weight is 280 g/mol. The van der Waals surface area contributed by atoms with Gasteiger partial charge in [-0.1, -0.05) is 26.0 Å². The summed E-state index contributed by atoms with van der Waals surface area (Å²) in [6.07, 6.45) is 0.326. The predicted octanol–water partition coefficient (Wildman–Crippen LogP) is 1.06. The minimum absolute atomic E-state index is 0.151. The van der Waals surface area contributed by atoms with Crippen LogP contribution >= 0.6 is 0 Å². The first-order valence-electron chi connectivity index (χ1n) is 6.46. The van der Waals surface area contributed by atoms with Crippen molar-refractivity contribution in [2.45, 2.75) is 20.3 Å². The van der Waals surface area contributed by atoms with Gasteiger partial charge in [0.05, 0.1) is 7.05 Å². The maximum atomic E-state index is 12.7. The number of hydrogen-bond donors (Lipinski definition) is 3. The lowest BCUT2D eigenvalue weighted by molar-refractivity contribution is -0.541. The van der Waals surface area contributed by atoms with Crippen LogP contribution in [-0.4, -0.2) is 22.1 Å². The summed E-state index contributed by atoms with van der Waals surface area (Å²) >= 11 is 0. The van der Waals surface area contributed by atoms with E-state index < -0.39 is 0 Å². The smallest absolute Gasteiger partial charge is 0.316 e. The molecule has 20 heavy (non-hydrogen) atoms. The highest BCUT2D eigenvalue weighted by Crippen LogP contribution is 2.11. The molecule has 6 heteroatoms. The first-order chi connectivity index (χ1) is 9.60. The zero-order chi connectivity index (χ0) is 15.1. The largest absolute Gasteiger partial charge is 0.489 e. The van der Waals surface area contributed by atoms with E-state index in [-0.39, 0.29) is 22.9 Å². The third kappa shape index (κ3) is 3.89. The molecule has 1 aromatic carbocycles. The van der Waals surface area contributed by atoms with Crippen molar-refractivity contribution in [2.75, 3.05) is 7.05 Å². The number of H-pyrrole nitrogens is 1. The Morgan fingerprint density at radius 2 is 1.90 bits per heavy atom. The Kier molecular flexibility index (Phi) is 5.86. The summed E-state index contributed by atoms with van der Waals surface area (Å²) in [4.78, 5) is 18.1. The molecule has 0 radical (unpaired) electrons. The van der Waals surface area contributed by atoms with Gasteiger partial charge in [-0.05, 0) is 17.7 Å². The van der Waals surface area contributed by atoms with Crippen molar-refractivity contribution in [3.05, 3.63) is 51.8 Å². The van der Waals surface area contributed by atoms with Crippen molar-refractivity contribution in [1.82, 2.24) is 9.97 Å². The molecule has 0 aliphatic rings. The lowest BCUT2D eigenvalue weighted by atomic mass is 10.1. The Labute approximate surface area is 116 Å². The SMILES string of the molecule is CC.C[NH2+]c1c(O)nc(Cc2ccc(F)cc2)[nH]c1=O. The Balaban J connectivity index is 0.000000956. The molecule has 0 fully saturated rings. The Hall–Kier alpha value is -2.21. The number of aromatic nitrogens is 2. The molecule has 0 aliphatic carbocycles. The average Bonchev–Trinajstić information content (AvgIpc) is 2.43. The minimum atomic E-state index is -0.387. The number of hydrogen-bond acceptors (Lipinski definition) is 3. The number of benzene rings is 1. The number of aromatic hydroxyl groups is 1. The highest BCUT2D eigenvalue weighted by Gasteiger charge is 2.12. The molecule has 108 valence electrons. The van der Waals surface area contributed by atoms with E-state index in [0.717, 1.165) is 5.56 Å². The van der Waals surface area contributed by atoms with E-state index in [2.05, 4.69) is 9.97 Å². The van der Waals surface area contributed by atoms with Crippen molar-refractivity contribution in [2.24, 2.45) is 0 Å². The second kappa shape index (κ2) is 7.40. The fourth-order valence-electron chi connectivity index (χ4n) is 1.66. The van der Waals surface area contributed by atoms with Gasteiger partial charge in [0.1, 0.15) is 11.6 Å². The van der Waals surface area contributed by atoms with Gasteiger partial charge in [0.2, 0.25) is 0 Å². The molecule has 1 aromatic heterocycles. The predicted molar refractivity (Wildman–Crippen MR) is 74.6 cm³/mol. The lowest BCUT2D eigenvalue weighted by Crippen LogP contribution is -2.75. The Bertz CT molecular complexity index is 609. The number of nitrogens with zero attached hydrogens (tertiary/aromatic N) is 1. The normalized spacial score (nSPS) is 9.80. The Morgan fingerprint density at radius 1 is 1.30 bits per heavy atom. The zero-order valence-electron chi connectivity index (χ0n) is 11.8. The standard InChI is InChI=1S/C12H12FN3O2.C2H6/c1-14-10-11(17)15-9(16-12(10)18)6-7-2-4-8(13)5-3-7;1-2/h2-5,14H,6H2,1H3,(H2,15,16,17,18);1-2H3/p+1. The number of aromatic amines is 1. The summed E-state index contributed by atoms with van der Waals surface area (Å²) < 4.78 is 12.7. The van der Waals surface area contributed by atoms with Gasteiger partial charge in [-0.15, -0.1) is 0 Å². The van der Waals surface area contributed by atoms with Crippen LogP contribution < -0.4 is 10.9 Å². The van der Waals surface area contributed by atoms with E-state index in [1.807, 2.05) is 13.8 Å². The molecule has 0 saturated heterocycles. The van der Waals surface area contributed by atoms with Gasteiger partial charge in [-0.3, -0.25) is 4.79 Å². The van der Waals surface area contributed by atoms with Gasteiger partial charge in [-0.2, -0.15) is 4.98 Å². The van der Waals surface area contributed by atoms with Crippen molar-refractivity contribution >= 4 is 5.69 Å². The molecular formula is C14H19FN3O2+. The van der Waals surface area contributed by atoms with E-state index in [0.29, 0.717) is 12.2 Å². The molecule has 0 unspecified atom stereocenters. The van der Waals surface area contributed by atoms with Crippen LogP contribution in [0.25, 0.3) is 0 Å². The number of rotatable bonds is 3. The molecule has 1 heterocycles. The number of nitrogens with two attached hydrogens (primary N) is 1. The molecule has 0 amide bonds. The quantitative estimate of drug-likeness (QED) is 0.786. The fraction of sp³-hybridized carbons (Fsp3) is 0.286. The number of halogens is 1. The third-order valence-electron chi connectivity index (χ3n) is 2.56. The van der Waals surface area contributed by atoms with E-state index in [9.17, 15) is 14.3 Å². The molecule has 0 saturated carbocycles. The number of nitrogens with one attached hydrogen (secondary N) is 1. The summed E-state index contributed by atoms with van der Waals surface area (Å²) in [5, 5.41) is 11.1. The molecular weight excluding hydrogens is 261 g/mol. The first kappa shape index (κ1) is 15.8. The summed E-state index contributed by atoms with van der Waals surface area (Å²) in [5.41, 5.74) is 0.562. The summed E-state index contributed by atoms with van der Waals surface area (Å²) in [6, 6.07) is 5.88. The van der Waals surface area contributed by atoms with Crippen LogP contribution in [0.3, 0.4) is 0 Å². The van der Waals surface area contributed by atoms with Crippen LogP contribution in [0.1, 0.15) is 25.2 Å². The van der Waals surface area contributed by atoms with Crippen molar-refractivity contribution in [1.29, 1.82) is 0 Å². The second-order valence-electron chi connectivity index (χ2n) is 3.84. The zero-order valence-corrected chi connectivity index (χ0v) is 11.8. The van der Waals surface area contributed by atoms with Crippen LogP contribution in [0.2, 0.25) is 0 Å². The maximum Gasteiger partial charge on any atom is 0.316 e. The van der Waals surface area contributed by atoms with Crippen molar-refractivity contribution < 1.29 is 14.8 Å². The monoisotopic (exact) mass is 280 g/mol. The van der Waals surface area contributed by atoms with E-state index in [1.54, 1.807) is 19.2 Å². The number of quaternary nitrogens is 1. The third-order valence-corrected chi connectivity index (χ3v) is 2.56. The molecule has 0 atom stereocenters. The fourth-order valence-corrected chi connectivity index (χ4v) is 1.66. The van der Waals surface area contributed by atoms with Gasteiger partial charge in [0, 0.05) is 6.42 Å². The van der Waals surface area contributed by atoms with E-state index in [4.69, 9.17) is 0 Å². The molecule has 2 aromatic rings. The molecule has 2 rings (SSSR count). The van der Waals surface area contributed by atoms with Gasteiger partial charge in [0.25, 0.3) is 11.6 Å². The highest BCUT2D eigenvalue weighted by atomic mass is 19.1. The van der Waals surface area contributed by atoms with Gasteiger partial charge < -0.3 is 15.4 Å². The summed E-state index contributed by atoms with van der Waals surface area (Å²) in [6.45, 7) is 4.00. The molecule has 0 bridgehead atoms. The van der Waals surface area contributed by atoms with Crippen LogP contribution in [0, 0.1) is 5.82 Å². The second-order valence-corrected chi connectivity index (χ2v) is 3.84. The first-order valence-corrected chi connectivity index (χ1v) is 6.46. The topological polar surface area (TPSA) is 82.6 Å². The van der Waals surface area contributed by atoms with E-state index in [1.165, 1.54) is 17.4 Å². The minimum Gasteiger partial charge on any atom is -0.489 e. The van der Waals surface area contributed by atoms with Crippen LogP contribution in [-0.2, 0) is 6.42 Å². The molecule has 5 nitrogen and oxygen atoms in total. The van der Waals surface area contributed by atoms with Gasteiger partial charge in [0.15, 0.2) is 0 Å². The van der Waals surface area contributed by atoms with Gasteiger partial charge in [-0.25, -0.2) is 4.39 Å². The molecule has 4 N–H and O–H groups in total. The lowest BCUT2D eigenvalue weighted by Gasteiger charge is -2.03. The van der Waals surface area contributed by atoms with Crippen LogP contribution in [0.15, 0.2) is 29.1 Å². The molecule has 0 spiro atoms.